The van der Waals surface area contributed by atoms with Crippen molar-refractivity contribution in [3.8, 4) is 11.5 Å². The molecule has 3 nitrogen and oxygen atoms in total. The molecule has 1 aliphatic carbocycles. The monoisotopic (exact) mass is 322 g/mol. The first kappa shape index (κ1) is 16.3. The molecule has 1 aliphatic rings. The third-order valence-corrected chi connectivity index (χ3v) is 4.51. The minimum atomic E-state index is 0.129. The van der Waals surface area contributed by atoms with E-state index in [0.29, 0.717) is 0 Å². The molecule has 124 valence electrons. The van der Waals surface area contributed by atoms with Gasteiger partial charge in [0.1, 0.15) is 11.5 Å². The molecule has 3 heteroatoms. The zero-order valence-electron chi connectivity index (χ0n) is 14.6. The van der Waals surface area contributed by atoms with E-state index in [4.69, 9.17) is 9.47 Å². The van der Waals surface area contributed by atoms with Crippen molar-refractivity contribution in [2.45, 2.75) is 26.7 Å². The van der Waals surface area contributed by atoms with E-state index in [2.05, 4.69) is 13.0 Å². The maximum Gasteiger partial charge on any atom is 0.189 e. The van der Waals surface area contributed by atoms with Crippen molar-refractivity contribution in [1.82, 2.24) is 0 Å². The normalized spacial score (nSPS) is 15.3. The third-order valence-electron chi connectivity index (χ3n) is 4.51. The molecule has 0 spiro atoms. The maximum atomic E-state index is 12.9. The summed E-state index contributed by atoms with van der Waals surface area (Å²) in [5.74, 6) is 1.57. The van der Waals surface area contributed by atoms with E-state index in [1.807, 2.05) is 37.3 Å². The van der Waals surface area contributed by atoms with Gasteiger partial charge in [0, 0.05) is 17.2 Å². The van der Waals surface area contributed by atoms with Gasteiger partial charge in [0.2, 0.25) is 0 Å². The highest BCUT2D eigenvalue weighted by Crippen LogP contribution is 2.31. The summed E-state index contributed by atoms with van der Waals surface area (Å²) in [6, 6.07) is 9.81. The summed E-state index contributed by atoms with van der Waals surface area (Å²) in [5.41, 5.74) is 6.13. The Labute approximate surface area is 142 Å². The second-order valence-corrected chi connectivity index (χ2v) is 6.25. The molecule has 0 radical (unpaired) electrons. The Hall–Kier alpha value is -2.55. The average molecular weight is 322 g/mol. The number of aryl methyl sites for hydroxylation is 2. The SMILES string of the molecule is COc1cc(C=C2CCc3c(C)cc(C)cc3C2=O)cc(OC)c1. The molecule has 0 amide bonds. The highest BCUT2D eigenvalue weighted by Gasteiger charge is 2.23. The predicted octanol–water partition coefficient (Wildman–Crippen LogP) is 4.53. The lowest BCUT2D eigenvalue weighted by Crippen LogP contribution is -2.15. The van der Waals surface area contributed by atoms with Gasteiger partial charge in [0.25, 0.3) is 0 Å². The first-order valence-corrected chi connectivity index (χ1v) is 8.10. The molecule has 0 aliphatic heterocycles. The lowest BCUT2D eigenvalue weighted by atomic mass is 9.83. The lowest BCUT2D eigenvalue weighted by molar-refractivity contribution is 0.102. The summed E-state index contributed by atoms with van der Waals surface area (Å²) in [4.78, 5) is 12.9. The van der Waals surface area contributed by atoms with Crippen LogP contribution < -0.4 is 9.47 Å². The molecule has 24 heavy (non-hydrogen) atoms. The molecule has 0 fully saturated rings. The molecule has 0 atom stereocenters. The number of fused-ring (bicyclic) bond motifs is 1. The Kier molecular flexibility index (Phi) is 4.43. The topological polar surface area (TPSA) is 35.5 Å². The molecule has 0 bridgehead atoms. The summed E-state index contributed by atoms with van der Waals surface area (Å²) >= 11 is 0. The van der Waals surface area contributed by atoms with Gasteiger partial charge in [-0.05, 0) is 67.7 Å². The van der Waals surface area contributed by atoms with Crippen LogP contribution in [-0.4, -0.2) is 20.0 Å². The second kappa shape index (κ2) is 6.52. The second-order valence-electron chi connectivity index (χ2n) is 6.25. The number of methoxy groups -OCH3 is 2. The van der Waals surface area contributed by atoms with Crippen LogP contribution in [0, 0.1) is 13.8 Å². The Balaban J connectivity index is 2.02. The fraction of sp³-hybridized carbons (Fsp3) is 0.286. The van der Waals surface area contributed by atoms with Gasteiger partial charge in [-0.15, -0.1) is 0 Å². The minimum absolute atomic E-state index is 0.129. The van der Waals surface area contributed by atoms with Crippen LogP contribution in [0.25, 0.3) is 6.08 Å². The van der Waals surface area contributed by atoms with Gasteiger partial charge in [0.15, 0.2) is 5.78 Å². The fourth-order valence-corrected chi connectivity index (χ4v) is 3.33. The molecule has 0 saturated carbocycles. The molecular weight excluding hydrogens is 300 g/mol. The van der Waals surface area contributed by atoms with Crippen molar-refractivity contribution < 1.29 is 14.3 Å². The number of carbonyl (C=O) groups excluding carboxylic acids is 1. The molecule has 3 rings (SSSR count). The van der Waals surface area contributed by atoms with Crippen LogP contribution in [0.2, 0.25) is 0 Å². The highest BCUT2D eigenvalue weighted by atomic mass is 16.5. The van der Waals surface area contributed by atoms with Crippen LogP contribution in [0.5, 0.6) is 11.5 Å². The van der Waals surface area contributed by atoms with E-state index in [-0.39, 0.29) is 5.78 Å². The number of allylic oxidation sites excluding steroid dienone is 1. The molecule has 2 aromatic carbocycles. The van der Waals surface area contributed by atoms with Gasteiger partial charge in [0.05, 0.1) is 14.2 Å². The molecule has 0 unspecified atom stereocenters. The molecule has 0 heterocycles. The third kappa shape index (κ3) is 3.07. The van der Waals surface area contributed by atoms with Gasteiger partial charge in [-0.3, -0.25) is 4.79 Å². The quantitative estimate of drug-likeness (QED) is 0.779. The smallest absolute Gasteiger partial charge is 0.189 e. The van der Waals surface area contributed by atoms with E-state index in [1.165, 1.54) is 11.1 Å². The summed E-state index contributed by atoms with van der Waals surface area (Å²) in [7, 11) is 3.25. The number of carbonyl (C=O) groups is 1. The van der Waals surface area contributed by atoms with Crippen molar-refractivity contribution in [2.24, 2.45) is 0 Å². The number of hydrogen-bond donors (Lipinski definition) is 0. The molecule has 0 saturated heterocycles. The van der Waals surface area contributed by atoms with E-state index < -0.39 is 0 Å². The van der Waals surface area contributed by atoms with Crippen molar-refractivity contribution in [3.63, 3.8) is 0 Å². The van der Waals surface area contributed by atoms with Gasteiger partial charge in [-0.1, -0.05) is 11.6 Å². The number of benzene rings is 2. The van der Waals surface area contributed by atoms with E-state index in [9.17, 15) is 4.79 Å². The standard InChI is InChI=1S/C21H22O3/c1-13-7-14(2)19-6-5-16(21(22)20(19)8-13)9-15-10-17(23-3)12-18(11-15)24-4/h7-12H,5-6H2,1-4H3. The van der Waals surface area contributed by atoms with E-state index >= 15 is 0 Å². The van der Waals surface area contributed by atoms with Crippen LogP contribution in [-0.2, 0) is 6.42 Å². The first-order valence-electron chi connectivity index (χ1n) is 8.10. The van der Waals surface area contributed by atoms with Crippen molar-refractivity contribution in [3.05, 3.63) is 63.7 Å². The van der Waals surface area contributed by atoms with Crippen molar-refractivity contribution >= 4 is 11.9 Å². The first-order chi connectivity index (χ1) is 11.5. The van der Waals surface area contributed by atoms with Gasteiger partial charge >= 0.3 is 0 Å². The van der Waals surface area contributed by atoms with Crippen LogP contribution in [0.4, 0.5) is 0 Å². The average Bonchev–Trinajstić information content (AvgIpc) is 2.57. The Morgan fingerprint density at radius 2 is 1.58 bits per heavy atom. The van der Waals surface area contributed by atoms with Crippen LogP contribution in [0.3, 0.4) is 0 Å². The number of Topliss-reactive ketones (excluding diaryl/α,β-unsaturated/α-hetero) is 1. The Bertz CT molecular complexity index is 809. The summed E-state index contributed by atoms with van der Waals surface area (Å²) in [5, 5.41) is 0. The largest absolute Gasteiger partial charge is 0.497 e. The van der Waals surface area contributed by atoms with Gasteiger partial charge < -0.3 is 9.47 Å². The molecular formula is C21H22O3. The summed E-state index contributed by atoms with van der Waals surface area (Å²) in [6.45, 7) is 4.12. The number of ether oxygens (including phenoxy) is 2. The lowest BCUT2D eigenvalue weighted by Gasteiger charge is -2.20. The maximum absolute atomic E-state index is 12.9. The zero-order chi connectivity index (χ0) is 17.3. The van der Waals surface area contributed by atoms with Gasteiger partial charge in [-0.2, -0.15) is 0 Å². The van der Waals surface area contributed by atoms with Crippen molar-refractivity contribution in [2.75, 3.05) is 14.2 Å². The number of rotatable bonds is 3. The summed E-state index contributed by atoms with van der Waals surface area (Å²) in [6.07, 6.45) is 3.61. The van der Waals surface area contributed by atoms with E-state index in [1.54, 1.807) is 14.2 Å². The molecule has 2 aromatic rings. The Morgan fingerprint density at radius 1 is 0.917 bits per heavy atom. The summed E-state index contributed by atoms with van der Waals surface area (Å²) < 4.78 is 10.6. The predicted molar refractivity (Wildman–Crippen MR) is 96.1 cm³/mol. The van der Waals surface area contributed by atoms with Crippen LogP contribution in [0.15, 0.2) is 35.9 Å². The van der Waals surface area contributed by atoms with Crippen LogP contribution >= 0.6 is 0 Å². The number of hydrogen-bond acceptors (Lipinski definition) is 3. The molecule has 0 N–H and O–H groups in total. The van der Waals surface area contributed by atoms with E-state index in [0.717, 1.165) is 46.6 Å². The minimum Gasteiger partial charge on any atom is -0.497 e. The van der Waals surface area contributed by atoms with Gasteiger partial charge in [-0.25, -0.2) is 0 Å². The fourth-order valence-electron chi connectivity index (χ4n) is 3.33. The number of ketones is 1. The Morgan fingerprint density at radius 3 is 2.21 bits per heavy atom. The molecule has 0 aromatic heterocycles. The highest BCUT2D eigenvalue weighted by molar-refractivity contribution is 6.13. The zero-order valence-corrected chi connectivity index (χ0v) is 14.6. The van der Waals surface area contributed by atoms with Crippen molar-refractivity contribution in [1.29, 1.82) is 0 Å². The van der Waals surface area contributed by atoms with Crippen LogP contribution in [0.1, 0.15) is 39.0 Å².